The van der Waals surface area contributed by atoms with Crippen LogP contribution in [-0.4, -0.2) is 50.3 Å². The normalized spacial score (nSPS) is 26.9. The van der Waals surface area contributed by atoms with Crippen molar-refractivity contribution in [2.45, 2.75) is 38.2 Å². The molecule has 24 heavy (non-hydrogen) atoms. The Balaban J connectivity index is 1.59. The van der Waals surface area contributed by atoms with Crippen LogP contribution in [0, 0.1) is 5.41 Å². The van der Waals surface area contributed by atoms with Crippen LogP contribution in [0.2, 0.25) is 5.02 Å². The standard InChI is InChI=1S/C19H26ClNO3/c1-23-14-19-10-2-12-24-17(19)9-11-21(13-19)18(22)8-5-15-3-6-16(20)7-4-15/h3-4,6-7,17H,2,5,8-14H2,1H3/t17-,19-/m0/s1. The number of carbonyl (C=O) groups excluding carboxylic acids is 1. The van der Waals surface area contributed by atoms with Crippen LogP contribution in [0.25, 0.3) is 0 Å². The fourth-order valence-corrected chi connectivity index (χ4v) is 4.19. The molecule has 132 valence electrons. The maximum atomic E-state index is 12.7. The Morgan fingerprint density at radius 1 is 1.42 bits per heavy atom. The average molecular weight is 352 g/mol. The smallest absolute Gasteiger partial charge is 0.222 e. The van der Waals surface area contributed by atoms with E-state index in [0.29, 0.717) is 13.0 Å². The third-order valence-electron chi connectivity index (χ3n) is 5.31. The van der Waals surface area contributed by atoms with E-state index in [4.69, 9.17) is 21.1 Å². The third-order valence-corrected chi connectivity index (χ3v) is 5.57. The minimum atomic E-state index is -0.0266. The molecule has 1 aromatic rings. The molecule has 1 aromatic carbocycles. The molecular formula is C19H26ClNO3. The molecule has 5 heteroatoms. The molecule has 0 spiro atoms. The van der Waals surface area contributed by atoms with Gasteiger partial charge in [0.1, 0.15) is 0 Å². The number of rotatable bonds is 5. The van der Waals surface area contributed by atoms with E-state index in [9.17, 15) is 4.79 Å². The summed E-state index contributed by atoms with van der Waals surface area (Å²) in [7, 11) is 1.74. The minimum absolute atomic E-state index is 0.0266. The molecule has 0 aliphatic carbocycles. The highest BCUT2D eigenvalue weighted by molar-refractivity contribution is 6.30. The maximum Gasteiger partial charge on any atom is 0.222 e. The van der Waals surface area contributed by atoms with Crippen molar-refractivity contribution < 1.29 is 14.3 Å². The van der Waals surface area contributed by atoms with Gasteiger partial charge in [-0.2, -0.15) is 0 Å². The fraction of sp³-hybridized carbons (Fsp3) is 0.632. The zero-order valence-electron chi connectivity index (χ0n) is 14.3. The molecule has 0 N–H and O–H groups in total. The van der Waals surface area contributed by atoms with Gasteiger partial charge in [0.25, 0.3) is 0 Å². The largest absolute Gasteiger partial charge is 0.384 e. The number of aryl methyl sites for hydroxylation is 1. The van der Waals surface area contributed by atoms with Crippen LogP contribution in [0.1, 0.15) is 31.2 Å². The van der Waals surface area contributed by atoms with Gasteiger partial charge in [-0.1, -0.05) is 23.7 Å². The monoisotopic (exact) mass is 351 g/mol. The first-order chi connectivity index (χ1) is 11.6. The first-order valence-corrected chi connectivity index (χ1v) is 9.13. The number of amides is 1. The fourth-order valence-electron chi connectivity index (χ4n) is 4.06. The number of hydrogen-bond donors (Lipinski definition) is 0. The van der Waals surface area contributed by atoms with Crippen molar-refractivity contribution in [3.8, 4) is 0 Å². The molecule has 1 amide bonds. The predicted molar refractivity (Wildman–Crippen MR) is 94.3 cm³/mol. The Morgan fingerprint density at radius 2 is 2.21 bits per heavy atom. The summed E-state index contributed by atoms with van der Waals surface area (Å²) in [4.78, 5) is 14.7. The van der Waals surface area contributed by atoms with Crippen molar-refractivity contribution in [1.82, 2.24) is 4.90 Å². The lowest BCUT2D eigenvalue weighted by Crippen LogP contribution is -2.58. The molecule has 0 saturated carbocycles. The predicted octanol–water partition coefficient (Wildman–Crippen LogP) is 3.32. The molecule has 2 aliphatic heterocycles. The summed E-state index contributed by atoms with van der Waals surface area (Å²) in [5.41, 5.74) is 1.12. The number of ether oxygens (including phenoxy) is 2. The zero-order chi connectivity index (χ0) is 17.0. The molecule has 2 heterocycles. The number of benzene rings is 1. The molecule has 0 aromatic heterocycles. The van der Waals surface area contributed by atoms with Crippen LogP contribution in [0.4, 0.5) is 0 Å². The highest BCUT2D eigenvalue weighted by atomic mass is 35.5. The van der Waals surface area contributed by atoms with Crippen molar-refractivity contribution in [1.29, 1.82) is 0 Å². The number of piperidine rings is 1. The van der Waals surface area contributed by atoms with E-state index in [-0.39, 0.29) is 17.4 Å². The van der Waals surface area contributed by atoms with Crippen molar-refractivity contribution in [2.24, 2.45) is 5.41 Å². The number of hydrogen-bond acceptors (Lipinski definition) is 3. The Bertz CT molecular complexity index is 558. The van der Waals surface area contributed by atoms with Gasteiger partial charge in [-0.25, -0.2) is 0 Å². The first kappa shape index (κ1) is 17.7. The summed E-state index contributed by atoms with van der Waals surface area (Å²) in [6.07, 6.45) is 4.56. The van der Waals surface area contributed by atoms with E-state index in [1.54, 1.807) is 7.11 Å². The van der Waals surface area contributed by atoms with Gasteiger partial charge in [0.05, 0.1) is 12.7 Å². The number of methoxy groups -OCH3 is 1. The van der Waals surface area contributed by atoms with E-state index in [1.807, 2.05) is 29.2 Å². The van der Waals surface area contributed by atoms with Crippen LogP contribution < -0.4 is 0 Å². The highest BCUT2D eigenvalue weighted by Crippen LogP contribution is 2.40. The van der Waals surface area contributed by atoms with E-state index in [0.717, 1.165) is 56.0 Å². The van der Waals surface area contributed by atoms with Gasteiger partial charge in [0, 0.05) is 43.7 Å². The minimum Gasteiger partial charge on any atom is -0.384 e. The van der Waals surface area contributed by atoms with Crippen LogP contribution in [-0.2, 0) is 20.7 Å². The van der Waals surface area contributed by atoms with Crippen molar-refractivity contribution in [2.75, 3.05) is 33.4 Å². The molecule has 0 unspecified atom stereocenters. The molecule has 0 bridgehead atoms. The van der Waals surface area contributed by atoms with E-state index >= 15 is 0 Å². The molecule has 2 aliphatic rings. The number of likely N-dealkylation sites (tertiary alicyclic amines) is 1. The summed E-state index contributed by atoms with van der Waals surface area (Å²) in [6, 6.07) is 7.73. The lowest BCUT2D eigenvalue weighted by molar-refractivity contribution is -0.162. The van der Waals surface area contributed by atoms with Crippen LogP contribution in [0.5, 0.6) is 0 Å². The maximum absolute atomic E-state index is 12.7. The van der Waals surface area contributed by atoms with Crippen molar-refractivity contribution in [3.05, 3.63) is 34.9 Å². The van der Waals surface area contributed by atoms with Crippen LogP contribution in [0.15, 0.2) is 24.3 Å². The second-order valence-corrected chi connectivity index (χ2v) is 7.43. The van der Waals surface area contributed by atoms with Gasteiger partial charge >= 0.3 is 0 Å². The number of halogens is 1. The molecule has 2 saturated heterocycles. The van der Waals surface area contributed by atoms with E-state index in [1.165, 1.54) is 0 Å². The summed E-state index contributed by atoms with van der Waals surface area (Å²) < 4.78 is 11.5. The van der Waals surface area contributed by atoms with Gasteiger partial charge in [-0.05, 0) is 43.4 Å². The van der Waals surface area contributed by atoms with Gasteiger partial charge in [0.2, 0.25) is 5.91 Å². The molecule has 0 radical (unpaired) electrons. The zero-order valence-corrected chi connectivity index (χ0v) is 15.1. The molecule has 2 atom stereocenters. The van der Waals surface area contributed by atoms with Crippen LogP contribution in [0.3, 0.4) is 0 Å². The lowest BCUT2D eigenvalue weighted by atomic mass is 9.73. The topological polar surface area (TPSA) is 38.8 Å². The van der Waals surface area contributed by atoms with Gasteiger partial charge in [-0.15, -0.1) is 0 Å². The number of nitrogens with zero attached hydrogens (tertiary/aromatic N) is 1. The summed E-state index contributed by atoms with van der Waals surface area (Å²) in [5.74, 6) is 0.226. The average Bonchev–Trinajstić information content (AvgIpc) is 2.60. The Kier molecular flexibility index (Phi) is 5.80. The second kappa shape index (κ2) is 7.85. The molecule has 3 rings (SSSR count). The lowest BCUT2D eigenvalue weighted by Gasteiger charge is -2.50. The molecule has 4 nitrogen and oxygen atoms in total. The van der Waals surface area contributed by atoms with Crippen molar-refractivity contribution in [3.63, 3.8) is 0 Å². The van der Waals surface area contributed by atoms with E-state index in [2.05, 4.69) is 0 Å². The van der Waals surface area contributed by atoms with Gasteiger partial charge < -0.3 is 14.4 Å². The van der Waals surface area contributed by atoms with Gasteiger partial charge in [-0.3, -0.25) is 4.79 Å². The Morgan fingerprint density at radius 3 is 2.96 bits per heavy atom. The summed E-state index contributed by atoms with van der Waals surface area (Å²) in [6.45, 7) is 3.04. The Labute approximate surface area is 149 Å². The number of fused-ring (bicyclic) bond motifs is 1. The SMILES string of the molecule is COC[C@@]12CCCO[C@H]1CCN(C(=O)CCc1ccc(Cl)cc1)C2. The number of carbonyl (C=O) groups is 1. The van der Waals surface area contributed by atoms with Crippen LogP contribution >= 0.6 is 11.6 Å². The third kappa shape index (κ3) is 3.93. The summed E-state index contributed by atoms with van der Waals surface area (Å²) >= 11 is 5.91. The van der Waals surface area contributed by atoms with Crippen molar-refractivity contribution >= 4 is 17.5 Å². The Hall–Kier alpha value is -1.10. The molecular weight excluding hydrogens is 326 g/mol. The molecule has 2 fully saturated rings. The first-order valence-electron chi connectivity index (χ1n) is 8.76. The van der Waals surface area contributed by atoms with E-state index < -0.39 is 0 Å². The highest BCUT2D eigenvalue weighted by Gasteiger charge is 2.46. The second-order valence-electron chi connectivity index (χ2n) is 6.99. The van der Waals surface area contributed by atoms with Gasteiger partial charge in [0.15, 0.2) is 0 Å². The summed E-state index contributed by atoms with van der Waals surface area (Å²) in [5, 5.41) is 0.728. The quantitative estimate of drug-likeness (QED) is 0.816.